The van der Waals surface area contributed by atoms with Crippen LogP contribution in [0, 0.1) is 0 Å². The lowest BCUT2D eigenvalue weighted by Crippen LogP contribution is -1.95. The van der Waals surface area contributed by atoms with E-state index in [0.29, 0.717) is 0 Å². The lowest BCUT2D eigenvalue weighted by atomic mass is 9.97. The first-order valence-electron chi connectivity index (χ1n) is 12.0. The Labute approximate surface area is 200 Å². The number of benzene rings is 3. The summed E-state index contributed by atoms with van der Waals surface area (Å²) < 4.78 is 2.27. The molecular formula is C31H18N4. The molecule has 35 heavy (non-hydrogen) atoms. The molecule has 7 aromatic rings. The average Bonchev–Trinajstić information content (AvgIpc) is 3.58. The van der Waals surface area contributed by atoms with E-state index in [-0.39, 0.29) is 0 Å². The number of hydrogen-bond donors (Lipinski definition) is 0. The lowest BCUT2D eigenvalue weighted by molar-refractivity contribution is 1.23. The van der Waals surface area contributed by atoms with Gasteiger partial charge >= 0.3 is 0 Å². The Balaban J connectivity index is 1.43. The van der Waals surface area contributed by atoms with Crippen molar-refractivity contribution in [2.24, 2.45) is 0 Å². The van der Waals surface area contributed by atoms with Crippen LogP contribution in [0.2, 0.25) is 0 Å². The molecule has 0 bridgehead atoms. The predicted molar refractivity (Wildman–Crippen MR) is 140 cm³/mol. The van der Waals surface area contributed by atoms with Gasteiger partial charge in [0.15, 0.2) is 0 Å². The second-order valence-corrected chi connectivity index (χ2v) is 9.71. The van der Waals surface area contributed by atoms with E-state index in [4.69, 9.17) is 9.97 Å². The molecular weight excluding hydrogens is 428 g/mol. The normalized spacial score (nSPS) is 13.5. The Morgan fingerprint density at radius 3 is 2.51 bits per heavy atom. The van der Waals surface area contributed by atoms with Crippen molar-refractivity contribution < 1.29 is 0 Å². The van der Waals surface area contributed by atoms with E-state index >= 15 is 0 Å². The van der Waals surface area contributed by atoms with Gasteiger partial charge in [0.05, 0.1) is 11.0 Å². The minimum atomic E-state index is 0.921. The molecule has 0 saturated carbocycles. The van der Waals surface area contributed by atoms with Gasteiger partial charge in [0.1, 0.15) is 11.3 Å². The molecule has 4 heterocycles. The molecule has 0 atom stereocenters. The van der Waals surface area contributed by atoms with Crippen molar-refractivity contribution in [1.82, 2.24) is 19.4 Å². The van der Waals surface area contributed by atoms with Crippen LogP contribution < -0.4 is 0 Å². The fourth-order valence-corrected chi connectivity index (χ4v) is 6.45. The van der Waals surface area contributed by atoms with E-state index < -0.39 is 0 Å². The zero-order valence-corrected chi connectivity index (χ0v) is 18.8. The van der Waals surface area contributed by atoms with Crippen molar-refractivity contribution in [3.8, 4) is 22.3 Å². The van der Waals surface area contributed by atoms with Crippen molar-refractivity contribution >= 4 is 38.5 Å². The van der Waals surface area contributed by atoms with Crippen LogP contribution in [-0.4, -0.2) is 19.4 Å². The van der Waals surface area contributed by atoms with Gasteiger partial charge in [-0.15, -0.1) is 0 Å². The van der Waals surface area contributed by atoms with Crippen molar-refractivity contribution in [1.29, 1.82) is 0 Å². The summed E-state index contributed by atoms with van der Waals surface area (Å²) in [6.45, 7) is 0. The predicted octanol–water partition coefficient (Wildman–Crippen LogP) is 6.73. The Bertz CT molecular complexity index is 2070. The molecule has 2 aliphatic carbocycles. The van der Waals surface area contributed by atoms with E-state index in [0.717, 1.165) is 51.3 Å². The van der Waals surface area contributed by atoms with Gasteiger partial charge in [-0.2, -0.15) is 0 Å². The first kappa shape index (κ1) is 17.8. The van der Waals surface area contributed by atoms with Gasteiger partial charge < -0.3 is 0 Å². The topological polar surface area (TPSA) is 43.1 Å². The maximum absolute atomic E-state index is 5.13. The summed E-state index contributed by atoms with van der Waals surface area (Å²) >= 11 is 0. The second-order valence-electron chi connectivity index (χ2n) is 9.71. The quantitative estimate of drug-likeness (QED) is 0.243. The Morgan fingerprint density at radius 1 is 0.629 bits per heavy atom. The Hall–Kier alpha value is -4.57. The number of pyridine rings is 3. The number of imidazole rings is 1. The monoisotopic (exact) mass is 446 g/mol. The minimum Gasteiger partial charge on any atom is -0.275 e. The summed E-state index contributed by atoms with van der Waals surface area (Å²) in [7, 11) is 0. The fraction of sp³-hybridized carbons (Fsp3) is 0.0645. The van der Waals surface area contributed by atoms with Crippen molar-refractivity contribution in [2.45, 2.75) is 12.8 Å². The smallest absolute Gasteiger partial charge is 0.149 e. The average molecular weight is 447 g/mol. The third-order valence-electron chi connectivity index (χ3n) is 7.92. The first-order chi connectivity index (χ1) is 17.3. The van der Waals surface area contributed by atoms with E-state index in [9.17, 15) is 0 Å². The molecule has 4 aromatic heterocycles. The minimum absolute atomic E-state index is 0.921. The van der Waals surface area contributed by atoms with Crippen LogP contribution in [0.3, 0.4) is 0 Å². The van der Waals surface area contributed by atoms with E-state index in [1.165, 1.54) is 44.5 Å². The van der Waals surface area contributed by atoms with E-state index in [1.54, 1.807) is 0 Å². The standard InChI is InChI=1S/C31H18N4/c1-2-5-21-17(4-1)12-19-15-25-20(14-24(19)21)13-18-7-8-27-29(28(18)25)35-30-23(6-3-10-33-30)22-9-11-32-16-26(22)31(35)34-27/h1-11,14-16H,12-13H2. The molecule has 0 aliphatic heterocycles. The van der Waals surface area contributed by atoms with Crippen molar-refractivity contribution in [3.63, 3.8) is 0 Å². The molecule has 4 heteroatoms. The number of fused-ring (bicyclic) bond motifs is 15. The Morgan fingerprint density at radius 2 is 1.51 bits per heavy atom. The number of hydrogen-bond acceptors (Lipinski definition) is 3. The van der Waals surface area contributed by atoms with Crippen LogP contribution in [0.15, 0.2) is 85.3 Å². The van der Waals surface area contributed by atoms with Gasteiger partial charge in [-0.25, -0.2) is 9.97 Å². The molecule has 0 fully saturated rings. The number of rotatable bonds is 0. The van der Waals surface area contributed by atoms with Gasteiger partial charge in [-0.3, -0.25) is 9.38 Å². The summed E-state index contributed by atoms with van der Waals surface area (Å²) in [4.78, 5) is 14.4. The molecule has 0 unspecified atom stereocenters. The summed E-state index contributed by atoms with van der Waals surface area (Å²) in [6, 6.07) is 24.3. The van der Waals surface area contributed by atoms with Crippen LogP contribution in [-0.2, 0) is 12.8 Å². The third kappa shape index (κ3) is 2.15. The maximum Gasteiger partial charge on any atom is 0.149 e. The summed E-state index contributed by atoms with van der Waals surface area (Å²) in [5, 5.41) is 3.32. The summed E-state index contributed by atoms with van der Waals surface area (Å²) in [5.74, 6) is 0. The highest BCUT2D eigenvalue weighted by Gasteiger charge is 2.28. The number of nitrogens with zero attached hydrogens (tertiary/aromatic N) is 4. The molecule has 0 amide bonds. The van der Waals surface area contributed by atoms with Crippen molar-refractivity contribution in [2.75, 3.05) is 0 Å². The molecule has 0 spiro atoms. The second kappa shape index (κ2) is 6.10. The molecule has 162 valence electrons. The van der Waals surface area contributed by atoms with Crippen LogP contribution >= 0.6 is 0 Å². The summed E-state index contributed by atoms with van der Waals surface area (Å²) in [5.41, 5.74) is 15.1. The molecule has 9 rings (SSSR count). The highest BCUT2D eigenvalue weighted by atomic mass is 15.1. The van der Waals surface area contributed by atoms with Crippen LogP contribution in [0.25, 0.3) is 60.7 Å². The van der Waals surface area contributed by atoms with Gasteiger partial charge in [-0.1, -0.05) is 30.3 Å². The molecule has 0 saturated heterocycles. The highest BCUT2D eigenvalue weighted by Crippen LogP contribution is 2.47. The van der Waals surface area contributed by atoms with Crippen LogP contribution in [0.1, 0.15) is 22.3 Å². The van der Waals surface area contributed by atoms with Gasteiger partial charge in [0, 0.05) is 34.9 Å². The molecule has 3 aromatic carbocycles. The zero-order valence-electron chi connectivity index (χ0n) is 18.8. The first-order valence-corrected chi connectivity index (χ1v) is 12.0. The fourth-order valence-electron chi connectivity index (χ4n) is 6.45. The SMILES string of the molecule is c1ccc2c(c1)Cc1cc3c(cc1-2)Cc1ccc2nc4c5cnccc5c5cccnc5n4c2c1-3. The van der Waals surface area contributed by atoms with Gasteiger partial charge in [-0.05, 0) is 93.6 Å². The Kier molecular flexibility index (Phi) is 3.11. The lowest BCUT2D eigenvalue weighted by Gasteiger charge is -2.10. The largest absolute Gasteiger partial charge is 0.275 e. The van der Waals surface area contributed by atoms with E-state index in [1.807, 2.05) is 24.7 Å². The highest BCUT2D eigenvalue weighted by molar-refractivity contribution is 6.14. The zero-order chi connectivity index (χ0) is 22.7. The molecule has 0 N–H and O–H groups in total. The molecule has 4 nitrogen and oxygen atoms in total. The third-order valence-corrected chi connectivity index (χ3v) is 7.92. The van der Waals surface area contributed by atoms with Gasteiger partial charge in [0.2, 0.25) is 0 Å². The van der Waals surface area contributed by atoms with E-state index in [2.05, 4.69) is 70.0 Å². The van der Waals surface area contributed by atoms with Gasteiger partial charge in [0.25, 0.3) is 0 Å². The molecule has 0 radical (unpaired) electrons. The van der Waals surface area contributed by atoms with Crippen LogP contribution in [0.4, 0.5) is 0 Å². The summed E-state index contributed by atoms with van der Waals surface area (Å²) in [6.07, 6.45) is 7.60. The maximum atomic E-state index is 5.13. The van der Waals surface area contributed by atoms with Crippen molar-refractivity contribution in [3.05, 3.63) is 108 Å². The van der Waals surface area contributed by atoms with Crippen LogP contribution in [0.5, 0.6) is 0 Å². The number of aromatic nitrogens is 4. The molecule has 2 aliphatic rings.